The van der Waals surface area contributed by atoms with E-state index in [2.05, 4.69) is 23.3 Å². The molecular weight excluding hydrogens is 268 g/mol. The molecule has 0 spiro atoms. The first-order valence-electron chi connectivity index (χ1n) is 7.00. The summed E-state index contributed by atoms with van der Waals surface area (Å²) in [5.41, 5.74) is 1.33. The molecule has 112 valence electrons. The number of aryl methyl sites for hydroxylation is 1. The van der Waals surface area contributed by atoms with Crippen LogP contribution in [0.2, 0.25) is 0 Å². The summed E-state index contributed by atoms with van der Waals surface area (Å²) in [6.45, 7) is 3.77. The average molecular weight is 288 g/mol. The summed E-state index contributed by atoms with van der Waals surface area (Å²) in [7, 11) is 0. The second kappa shape index (κ2) is 6.54. The van der Waals surface area contributed by atoms with Crippen molar-refractivity contribution in [3.8, 4) is 0 Å². The summed E-state index contributed by atoms with van der Waals surface area (Å²) in [4.78, 5) is 23.0. The highest BCUT2D eigenvalue weighted by Gasteiger charge is 2.32. The molecule has 3 N–H and O–H groups in total. The van der Waals surface area contributed by atoms with Crippen LogP contribution in [0.15, 0.2) is 36.9 Å². The number of benzene rings is 1. The van der Waals surface area contributed by atoms with E-state index in [4.69, 9.17) is 0 Å². The number of carbonyl (C=O) groups excluding carboxylic acids is 2. The van der Waals surface area contributed by atoms with E-state index < -0.39 is 17.4 Å². The minimum atomic E-state index is -0.997. The molecule has 0 saturated carbocycles. The van der Waals surface area contributed by atoms with Gasteiger partial charge in [0.1, 0.15) is 0 Å². The number of carbonyl (C=O) groups is 2. The van der Waals surface area contributed by atoms with Crippen molar-refractivity contribution in [2.45, 2.75) is 24.9 Å². The molecular formula is C16H20N2O3. The smallest absolute Gasteiger partial charge is 0.309 e. The van der Waals surface area contributed by atoms with Crippen molar-refractivity contribution < 1.29 is 14.7 Å². The largest absolute Gasteiger partial charge is 0.388 e. The lowest BCUT2D eigenvalue weighted by molar-refractivity contribution is -0.139. The number of fused-ring (bicyclic) bond motifs is 1. The molecule has 21 heavy (non-hydrogen) atoms. The summed E-state index contributed by atoms with van der Waals surface area (Å²) in [6, 6.07) is 7.95. The third-order valence-corrected chi connectivity index (χ3v) is 3.69. The molecule has 5 heteroatoms. The van der Waals surface area contributed by atoms with Crippen molar-refractivity contribution in [1.29, 1.82) is 0 Å². The van der Waals surface area contributed by atoms with Crippen molar-refractivity contribution in [1.82, 2.24) is 10.6 Å². The highest BCUT2D eigenvalue weighted by molar-refractivity contribution is 6.35. The van der Waals surface area contributed by atoms with E-state index in [1.165, 1.54) is 11.6 Å². The Kier molecular flexibility index (Phi) is 4.75. The van der Waals surface area contributed by atoms with E-state index in [1.807, 2.05) is 18.2 Å². The molecule has 0 aromatic heterocycles. The van der Waals surface area contributed by atoms with Crippen molar-refractivity contribution in [2.24, 2.45) is 0 Å². The molecule has 5 nitrogen and oxygen atoms in total. The third kappa shape index (κ3) is 3.92. The van der Waals surface area contributed by atoms with E-state index in [0.29, 0.717) is 12.8 Å². The van der Waals surface area contributed by atoms with Crippen LogP contribution in [0.1, 0.15) is 17.5 Å². The molecule has 1 atom stereocenters. The molecule has 2 amide bonds. The topological polar surface area (TPSA) is 78.4 Å². The number of aliphatic hydroxyl groups is 1. The SMILES string of the molecule is C=CCNC(=O)C(=O)NCC1(O)CCc2ccccc2C1. The van der Waals surface area contributed by atoms with Crippen LogP contribution in [0.4, 0.5) is 0 Å². The number of nitrogens with one attached hydrogen (secondary N) is 2. The maximum Gasteiger partial charge on any atom is 0.309 e. The molecule has 0 fully saturated rings. The van der Waals surface area contributed by atoms with E-state index >= 15 is 0 Å². The minimum Gasteiger partial charge on any atom is -0.388 e. The molecule has 0 heterocycles. The Morgan fingerprint density at radius 1 is 1.24 bits per heavy atom. The second-order valence-electron chi connectivity index (χ2n) is 5.35. The lowest BCUT2D eigenvalue weighted by Crippen LogP contribution is -2.50. The number of rotatable bonds is 4. The fourth-order valence-corrected chi connectivity index (χ4v) is 2.51. The summed E-state index contributed by atoms with van der Waals surface area (Å²) < 4.78 is 0. The highest BCUT2D eigenvalue weighted by Crippen LogP contribution is 2.28. The zero-order chi connectivity index (χ0) is 15.3. The van der Waals surface area contributed by atoms with E-state index in [-0.39, 0.29) is 13.1 Å². The first-order chi connectivity index (χ1) is 10.0. The van der Waals surface area contributed by atoms with Crippen LogP contribution in [0, 0.1) is 0 Å². The standard InChI is InChI=1S/C16H20N2O3/c1-2-9-17-14(19)15(20)18-11-16(21)8-7-12-5-3-4-6-13(12)10-16/h2-6,21H,1,7-11H2,(H,17,19)(H,18,20). The minimum absolute atomic E-state index is 0.0711. The predicted molar refractivity (Wildman–Crippen MR) is 79.6 cm³/mol. The van der Waals surface area contributed by atoms with Crippen molar-refractivity contribution in [3.05, 3.63) is 48.0 Å². The van der Waals surface area contributed by atoms with Gasteiger partial charge in [-0.25, -0.2) is 0 Å². The lowest BCUT2D eigenvalue weighted by atomic mass is 9.80. The molecule has 1 aromatic carbocycles. The van der Waals surface area contributed by atoms with Gasteiger partial charge in [0.25, 0.3) is 0 Å². The van der Waals surface area contributed by atoms with Crippen LogP contribution >= 0.6 is 0 Å². The van der Waals surface area contributed by atoms with Gasteiger partial charge in [0, 0.05) is 19.5 Å². The molecule has 1 aliphatic rings. The normalized spacial score (nSPS) is 20.2. The maximum atomic E-state index is 11.6. The summed E-state index contributed by atoms with van der Waals surface area (Å²) >= 11 is 0. The third-order valence-electron chi connectivity index (χ3n) is 3.69. The quantitative estimate of drug-likeness (QED) is 0.552. The van der Waals surface area contributed by atoms with Crippen LogP contribution in [-0.4, -0.2) is 35.6 Å². The molecule has 0 aliphatic heterocycles. The van der Waals surface area contributed by atoms with Crippen molar-refractivity contribution in [3.63, 3.8) is 0 Å². The Bertz CT molecular complexity index is 556. The van der Waals surface area contributed by atoms with Crippen LogP contribution in [0.3, 0.4) is 0 Å². The van der Waals surface area contributed by atoms with Gasteiger partial charge >= 0.3 is 11.8 Å². The lowest BCUT2D eigenvalue weighted by Gasteiger charge is -2.33. The Hall–Kier alpha value is -2.14. The molecule has 0 radical (unpaired) electrons. The Morgan fingerprint density at radius 3 is 2.62 bits per heavy atom. The Labute approximate surface area is 124 Å². The predicted octanol–water partition coefficient (Wildman–Crippen LogP) is 0.325. The van der Waals surface area contributed by atoms with Crippen LogP contribution in [-0.2, 0) is 22.4 Å². The molecule has 0 bridgehead atoms. The van der Waals surface area contributed by atoms with Gasteiger partial charge in [-0.15, -0.1) is 6.58 Å². The zero-order valence-corrected chi connectivity index (χ0v) is 11.9. The van der Waals surface area contributed by atoms with Gasteiger partial charge < -0.3 is 15.7 Å². The fourth-order valence-electron chi connectivity index (χ4n) is 2.51. The van der Waals surface area contributed by atoms with Gasteiger partial charge in [-0.1, -0.05) is 30.3 Å². The highest BCUT2D eigenvalue weighted by atomic mass is 16.3. The fraction of sp³-hybridized carbons (Fsp3) is 0.375. The molecule has 2 rings (SSSR count). The first kappa shape index (κ1) is 15.3. The van der Waals surface area contributed by atoms with Crippen LogP contribution in [0.5, 0.6) is 0 Å². The Morgan fingerprint density at radius 2 is 1.90 bits per heavy atom. The van der Waals surface area contributed by atoms with Crippen LogP contribution in [0.25, 0.3) is 0 Å². The van der Waals surface area contributed by atoms with Gasteiger partial charge in [-0.2, -0.15) is 0 Å². The number of amides is 2. The van der Waals surface area contributed by atoms with Gasteiger partial charge in [-0.3, -0.25) is 9.59 Å². The van der Waals surface area contributed by atoms with Gasteiger partial charge in [0.15, 0.2) is 0 Å². The molecule has 1 unspecified atom stereocenters. The summed E-state index contributed by atoms with van der Waals surface area (Å²) in [5.74, 6) is -1.45. The van der Waals surface area contributed by atoms with Crippen LogP contribution < -0.4 is 10.6 Å². The van der Waals surface area contributed by atoms with E-state index in [1.54, 1.807) is 0 Å². The zero-order valence-electron chi connectivity index (χ0n) is 11.9. The summed E-state index contributed by atoms with van der Waals surface area (Å²) in [5, 5.41) is 15.5. The van der Waals surface area contributed by atoms with E-state index in [9.17, 15) is 14.7 Å². The van der Waals surface area contributed by atoms with E-state index in [0.717, 1.165) is 12.0 Å². The molecule has 1 aliphatic carbocycles. The monoisotopic (exact) mass is 288 g/mol. The average Bonchev–Trinajstić information content (AvgIpc) is 2.50. The van der Waals surface area contributed by atoms with Gasteiger partial charge in [0.2, 0.25) is 0 Å². The molecule has 0 saturated heterocycles. The van der Waals surface area contributed by atoms with Gasteiger partial charge in [0.05, 0.1) is 5.60 Å². The van der Waals surface area contributed by atoms with Crippen molar-refractivity contribution in [2.75, 3.05) is 13.1 Å². The maximum absolute atomic E-state index is 11.6. The molecule has 1 aromatic rings. The van der Waals surface area contributed by atoms with Gasteiger partial charge in [-0.05, 0) is 24.0 Å². The first-order valence-corrected chi connectivity index (χ1v) is 7.00. The summed E-state index contributed by atoms with van der Waals surface area (Å²) in [6.07, 6.45) is 3.32. The number of hydrogen-bond donors (Lipinski definition) is 3. The second-order valence-corrected chi connectivity index (χ2v) is 5.35. The Balaban J connectivity index is 1.90. The number of hydrogen-bond acceptors (Lipinski definition) is 3. The van der Waals surface area contributed by atoms with Crippen molar-refractivity contribution >= 4 is 11.8 Å².